The molecule has 53 heavy (non-hydrogen) atoms. The van der Waals surface area contributed by atoms with Crippen LogP contribution in [0.3, 0.4) is 0 Å². The number of hydrogen-bond donors (Lipinski definition) is 0. The number of allylic oxidation sites excluding steroid dienone is 10. The molecule has 10 aliphatic carbocycles. The fourth-order valence-electron chi connectivity index (χ4n) is 13.3. The minimum absolute atomic E-state index is 0. The van der Waals surface area contributed by atoms with E-state index < -0.39 is 5.16 Å². The van der Waals surface area contributed by atoms with Crippen molar-refractivity contribution in [2.75, 3.05) is 6.16 Å². The fraction of sp³-hybridized carbons (Fsp3) is 0.478. The maximum absolute atomic E-state index is 4.91. The van der Waals surface area contributed by atoms with Crippen LogP contribution in [-0.4, -0.2) is 36.4 Å². The van der Waals surface area contributed by atoms with Gasteiger partial charge in [-0.15, -0.1) is 45.5 Å². The van der Waals surface area contributed by atoms with Gasteiger partial charge in [-0.05, 0) is 152 Å². The fourth-order valence-corrected chi connectivity index (χ4v) is 19.0. The monoisotopic (exact) mass is 778 g/mol. The minimum atomic E-state index is -0.727. The maximum atomic E-state index is 4.91. The molecule has 2 heterocycles. The Labute approximate surface area is 330 Å². The van der Waals surface area contributed by atoms with Crippen molar-refractivity contribution in [2.24, 2.45) is 35.5 Å². The molecule has 3 aromatic rings. The molecule has 7 heteroatoms. The molecule has 0 saturated heterocycles. The van der Waals surface area contributed by atoms with Crippen LogP contribution in [-0.2, 0) is 22.2 Å². The van der Waals surface area contributed by atoms with Crippen molar-refractivity contribution >= 4 is 17.2 Å². The predicted molar refractivity (Wildman–Crippen MR) is 216 cm³/mol. The first-order valence-electron chi connectivity index (χ1n) is 20.1. The average molecular weight is 779 g/mol. The Kier molecular flexibility index (Phi) is 9.89. The van der Waals surface area contributed by atoms with Crippen molar-refractivity contribution in [1.82, 2.24) is 19.9 Å². The quantitative estimate of drug-likeness (QED) is 0.136. The zero-order valence-corrected chi connectivity index (χ0v) is 33.9. The van der Waals surface area contributed by atoms with Crippen molar-refractivity contribution < 1.29 is 17.1 Å². The molecule has 1 unspecified atom stereocenters. The van der Waals surface area contributed by atoms with Crippen molar-refractivity contribution in [3.8, 4) is 0 Å². The zero-order chi connectivity index (χ0) is 34.8. The Balaban J connectivity index is 0.000000576. The van der Waals surface area contributed by atoms with Crippen LogP contribution < -0.4 is 0 Å². The van der Waals surface area contributed by atoms with E-state index in [0.29, 0.717) is 10.3 Å². The van der Waals surface area contributed by atoms with Gasteiger partial charge in [0.25, 0.3) is 0 Å². The van der Waals surface area contributed by atoms with E-state index in [1.165, 1.54) is 106 Å². The second-order valence-electron chi connectivity index (χ2n) is 17.8. The molecule has 10 aliphatic rings. The molecule has 2 aromatic heterocycles. The Morgan fingerprint density at radius 3 is 1.53 bits per heavy atom. The van der Waals surface area contributed by atoms with Gasteiger partial charge < -0.3 is 0 Å². The van der Waals surface area contributed by atoms with Crippen LogP contribution in [0.1, 0.15) is 88.7 Å². The van der Waals surface area contributed by atoms with Gasteiger partial charge >= 0.3 is 17.1 Å². The van der Waals surface area contributed by atoms with E-state index in [4.69, 9.17) is 19.9 Å². The van der Waals surface area contributed by atoms with Gasteiger partial charge in [0.2, 0.25) is 0 Å². The second-order valence-corrected chi connectivity index (χ2v) is 21.8. The first-order chi connectivity index (χ1) is 25.5. The molecule has 13 rings (SSSR count). The number of aromatic nitrogens is 4. The van der Waals surface area contributed by atoms with E-state index in [1.54, 1.807) is 0 Å². The van der Waals surface area contributed by atoms with Crippen LogP contribution in [0.25, 0.3) is 0 Å². The first-order valence-corrected chi connectivity index (χ1v) is 22.2. The molecule has 0 N–H and O–H groups in total. The van der Waals surface area contributed by atoms with E-state index in [2.05, 4.69) is 52.1 Å². The van der Waals surface area contributed by atoms with E-state index in [9.17, 15) is 0 Å². The molecule has 8 fully saturated rings. The predicted octanol–water partition coefficient (Wildman–Crippen LogP) is 10.7. The van der Waals surface area contributed by atoms with Crippen molar-refractivity contribution in [3.63, 3.8) is 0 Å². The van der Waals surface area contributed by atoms with E-state index in [-0.39, 0.29) is 25.0 Å². The SMILES string of the molecule is PC(C1=CC(=C2C=CC=C[CH-]2)C=C1CP(C12CC3CC(CC(C3)C1)C2)C12CC3CC(CC(C3)C1)C2)(c1ncccn1)c1ncccn1.[Fe+2].c1cc[cH-]c1. The summed E-state index contributed by atoms with van der Waals surface area (Å²) in [5.74, 6) is 7.41. The van der Waals surface area contributed by atoms with Crippen LogP contribution in [0.2, 0.25) is 0 Å². The first kappa shape index (κ1) is 36.1. The average Bonchev–Trinajstić information content (AvgIpc) is 3.88. The van der Waals surface area contributed by atoms with E-state index in [0.717, 1.165) is 47.2 Å². The van der Waals surface area contributed by atoms with Crippen molar-refractivity contribution in [3.05, 3.63) is 144 Å². The number of nitrogens with zero attached hydrogens (tertiary/aromatic N) is 4. The smallest absolute Gasteiger partial charge is 0.240 e. The molecule has 8 bridgehead atoms. The second kappa shape index (κ2) is 14.5. The van der Waals surface area contributed by atoms with Crippen LogP contribution in [0.15, 0.2) is 126 Å². The molecule has 1 aromatic carbocycles. The van der Waals surface area contributed by atoms with Crippen LogP contribution >= 0.6 is 17.2 Å². The summed E-state index contributed by atoms with van der Waals surface area (Å²) in [5.41, 5.74) is 5.39. The third-order valence-corrected chi connectivity index (χ3v) is 19.3. The Morgan fingerprint density at radius 2 is 1.13 bits per heavy atom. The number of rotatable bonds is 7. The van der Waals surface area contributed by atoms with Crippen LogP contribution in [0.4, 0.5) is 0 Å². The molecule has 0 spiro atoms. The number of hydrogen-bond acceptors (Lipinski definition) is 4. The summed E-state index contributed by atoms with van der Waals surface area (Å²) < 4.78 is 0. The van der Waals surface area contributed by atoms with Gasteiger partial charge in [-0.2, -0.15) is 18.2 Å². The Morgan fingerprint density at radius 1 is 0.660 bits per heavy atom. The summed E-state index contributed by atoms with van der Waals surface area (Å²) in [6.45, 7) is 0. The molecule has 0 aliphatic heterocycles. The normalized spacial score (nSPS) is 36.2. The third kappa shape index (κ3) is 6.55. The molecular formula is C46H52FeN4P2. The van der Waals surface area contributed by atoms with Gasteiger partial charge in [-0.1, -0.05) is 25.6 Å². The van der Waals surface area contributed by atoms with Crippen LogP contribution in [0.5, 0.6) is 0 Å². The minimum Gasteiger partial charge on any atom is -0.240 e. The zero-order valence-electron chi connectivity index (χ0n) is 30.7. The maximum Gasteiger partial charge on any atom is 2.00 e. The summed E-state index contributed by atoms with van der Waals surface area (Å²) >= 11 is 0. The van der Waals surface area contributed by atoms with Crippen LogP contribution in [0, 0.1) is 41.9 Å². The summed E-state index contributed by atoms with van der Waals surface area (Å²) in [4.78, 5) is 19.6. The molecule has 0 amide bonds. The molecule has 1 atom stereocenters. The summed E-state index contributed by atoms with van der Waals surface area (Å²) in [6.07, 6.45) is 43.0. The summed E-state index contributed by atoms with van der Waals surface area (Å²) in [5, 5.41) is 0.398. The Hall–Kier alpha value is -2.54. The van der Waals surface area contributed by atoms with Gasteiger partial charge in [0.05, 0.1) is 0 Å². The third-order valence-electron chi connectivity index (χ3n) is 14.4. The molecule has 4 nitrogen and oxygen atoms in total. The van der Waals surface area contributed by atoms with Gasteiger partial charge in [-0.25, -0.2) is 32.1 Å². The summed E-state index contributed by atoms with van der Waals surface area (Å²) in [7, 11) is 2.96. The topological polar surface area (TPSA) is 51.6 Å². The molecule has 8 saturated carbocycles. The van der Waals surface area contributed by atoms with Gasteiger partial charge in [0.1, 0.15) is 16.8 Å². The van der Waals surface area contributed by atoms with Gasteiger partial charge in [-0.3, -0.25) is 0 Å². The van der Waals surface area contributed by atoms with E-state index >= 15 is 0 Å². The Bertz CT molecular complexity index is 1760. The molecular weight excluding hydrogens is 726 g/mol. The van der Waals surface area contributed by atoms with Crippen molar-refractivity contribution in [2.45, 2.75) is 92.5 Å². The molecule has 274 valence electrons. The molecule has 0 radical (unpaired) electrons. The van der Waals surface area contributed by atoms with Crippen molar-refractivity contribution in [1.29, 1.82) is 0 Å². The van der Waals surface area contributed by atoms with Gasteiger partial charge in [0, 0.05) is 24.8 Å². The van der Waals surface area contributed by atoms with E-state index in [1.807, 2.05) is 67.3 Å². The largest absolute Gasteiger partial charge is 2.00 e. The summed E-state index contributed by atoms with van der Waals surface area (Å²) in [6, 6.07) is 13.8. The van der Waals surface area contributed by atoms with Gasteiger partial charge in [0.15, 0.2) is 0 Å². The standard InChI is InChI=1S/C41H47N4P2.C5H5.Fe/c46-41(37-42-8-4-9-43-37,38-44-10-5-11-45-38)36-19-34(33-6-2-1-3-7-33)18-35(36)26-47(39-20-27-12-28(21-39)14-29(13-27)22-39)40-23-30-15-31(24-40)17-32(16-30)25-40;1-2-4-5-3-1;/h1-11,18-19,27-32H,12-17,20-26,46H2;1-5H;/q2*-1;+2.